The molecule has 0 amide bonds. The predicted molar refractivity (Wildman–Crippen MR) is 141 cm³/mol. The Balaban J connectivity index is 1.61. The Morgan fingerprint density at radius 2 is 0.912 bits per heavy atom. The topological polar surface area (TPSA) is 38.7 Å². The Kier molecular flexibility index (Phi) is 4.15. The summed E-state index contributed by atoms with van der Waals surface area (Å²) in [4.78, 5) is 14.6. The minimum Gasteiger partial charge on any atom is -0.264 e. The molecular formula is C31H19N3. The zero-order valence-electron chi connectivity index (χ0n) is 18.3. The normalized spacial score (nSPS) is 11.5. The molecule has 0 N–H and O–H groups in total. The molecule has 4 aromatic carbocycles. The van der Waals surface area contributed by atoms with Crippen molar-refractivity contribution in [1.82, 2.24) is 15.0 Å². The van der Waals surface area contributed by atoms with Gasteiger partial charge in [-0.3, -0.25) is 4.98 Å². The first-order valence-corrected chi connectivity index (χ1v) is 11.4. The van der Waals surface area contributed by atoms with E-state index in [9.17, 15) is 0 Å². The second-order valence-electron chi connectivity index (χ2n) is 8.50. The standard InChI is InChI=1S/C31H19N3/c1-5-11-26-20(7-1)13-15-28(33-26)30-22-9-3-4-10-23(22)31(25-19-32-18-17-24(25)30)29-16-14-21-8-2-6-12-27(21)34-29/h1-19H. The molecule has 0 aliphatic carbocycles. The molecule has 0 aliphatic rings. The minimum absolute atomic E-state index is 0.950. The highest BCUT2D eigenvalue weighted by Crippen LogP contribution is 2.42. The van der Waals surface area contributed by atoms with Crippen molar-refractivity contribution >= 4 is 43.4 Å². The van der Waals surface area contributed by atoms with Crippen molar-refractivity contribution in [3.05, 3.63) is 116 Å². The molecule has 0 radical (unpaired) electrons. The number of rotatable bonds is 2. The summed E-state index contributed by atoms with van der Waals surface area (Å²) in [5.41, 5.74) is 6.13. The van der Waals surface area contributed by atoms with Crippen molar-refractivity contribution in [2.45, 2.75) is 0 Å². The molecule has 3 heteroatoms. The molecule has 0 spiro atoms. The molecule has 0 bridgehead atoms. The lowest BCUT2D eigenvalue weighted by molar-refractivity contribution is 1.35. The Morgan fingerprint density at radius 1 is 0.412 bits per heavy atom. The SMILES string of the molecule is c1ccc2nc(-c3c4ccccc4c(-c4ccc5ccccc5n4)c4cnccc34)ccc2c1. The number of hydrogen-bond donors (Lipinski definition) is 0. The third-order valence-electron chi connectivity index (χ3n) is 6.53. The molecule has 0 atom stereocenters. The lowest BCUT2D eigenvalue weighted by Crippen LogP contribution is -1.94. The van der Waals surface area contributed by atoms with Gasteiger partial charge in [-0.05, 0) is 46.5 Å². The number of aromatic nitrogens is 3. The van der Waals surface area contributed by atoms with E-state index in [1.165, 1.54) is 0 Å². The number of para-hydroxylation sites is 2. The van der Waals surface area contributed by atoms with Crippen molar-refractivity contribution in [3.8, 4) is 22.5 Å². The lowest BCUT2D eigenvalue weighted by atomic mass is 9.89. The Labute approximate surface area is 196 Å². The van der Waals surface area contributed by atoms with Gasteiger partial charge in [0.25, 0.3) is 0 Å². The van der Waals surface area contributed by atoms with Gasteiger partial charge in [0, 0.05) is 39.7 Å². The van der Waals surface area contributed by atoms with Crippen LogP contribution in [0.25, 0.3) is 65.9 Å². The smallest absolute Gasteiger partial charge is 0.0722 e. The zero-order valence-corrected chi connectivity index (χ0v) is 18.3. The third-order valence-corrected chi connectivity index (χ3v) is 6.53. The summed E-state index contributed by atoms with van der Waals surface area (Å²) in [5, 5.41) is 6.79. The quantitative estimate of drug-likeness (QED) is 0.261. The molecule has 3 aromatic heterocycles. The summed E-state index contributed by atoms with van der Waals surface area (Å²) in [6.45, 7) is 0. The number of nitrogens with zero attached hydrogens (tertiary/aromatic N) is 3. The molecule has 34 heavy (non-hydrogen) atoms. The first-order chi connectivity index (χ1) is 16.9. The molecule has 158 valence electrons. The lowest BCUT2D eigenvalue weighted by Gasteiger charge is -2.17. The molecule has 3 heterocycles. The van der Waals surface area contributed by atoms with Crippen molar-refractivity contribution in [2.24, 2.45) is 0 Å². The Hall–Kier alpha value is -4.63. The van der Waals surface area contributed by atoms with Crippen molar-refractivity contribution in [3.63, 3.8) is 0 Å². The summed E-state index contributed by atoms with van der Waals surface area (Å²) in [6.07, 6.45) is 3.82. The number of hydrogen-bond acceptors (Lipinski definition) is 3. The Bertz CT molecular complexity index is 1680. The summed E-state index contributed by atoms with van der Waals surface area (Å²) >= 11 is 0. The number of pyridine rings is 3. The zero-order chi connectivity index (χ0) is 22.5. The van der Waals surface area contributed by atoms with Crippen LogP contribution in [0.2, 0.25) is 0 Å². The molecule has 0 saturated carbocycles. The minimum atomic E-state index is 0.950. The van der Waals surface area contributed by atoms with Gasteiger partial charge in [0.15, 0.2) is 0 Å². The fourth-order valence-electron chi connectivity index (χ4n) is 4.98. The van der Waals surface area contributed by atoms with Crippen LogP contribution in [0.4, 0.5) is 0 Å². The van der Waals surface area contributed by atoms with Crippen LogP contribution in [0.1, 0.15) is 0 Å². The van der Waals surface area contributed by atoms with Gasteiger partial charge in [-0.15, -0.1) is 0 Å². The van der Waals surface area contributed by atoms with Gasteiger partial charge in [-0.2, -0.15) is 0 Å². The first kappa shape index (κ1) is 18.9. The molecule has 0 fully saturated rings. The largest absolute Gasteiger partial charge is 0.264 e. The van der Waals surface area contributed by atoms with E-state index in [1.807, 2.05) is 36.7 Å². The van der Waals surface area contributed by atoms with E-state index in [1.54, 1.807) is 0 Å². The second kappa shape index (κ2) is 7.46. The van der Waals surface area contributed by atoms with Gasteiger partial charge in [0.2, 0.25) is 0 Å². The molecule has 7 aromatic rings. The van der Waals surface area contributed by atoms with Crippen LogP contribution < -0.4 is 0 Å². The van der Waals surface area contributed by atoms with Gasteiger partial charge in [-0.1, -0.05) is 72.8 Å². The molecule has 7 rings (SSSR count). The fraction of sp³-hybridized carbons (Fsp3) is 0. The van der Waals surface area contributed by atoms with E-state index in [2.05, 4.69) is 83.8 Å². The van der Waals surface area contributed by atoms with Gasteiger partial charge in [0.05, 0.1) is 22.4 Å². The first-order valence-electron chi connectivity index (χ1n) is 11.4. The van der Waals surface area contributed by atoms with Crippen LogP contribution in [0.3, 0.4) is 0 Å². The fourth-order valence-corrected chi connectivity index (χ4v) is 4.98. The second-order valence-corrected chi connectivity index (χ2v) is 8.50. The summed E-state index contributed by atoms with van der Waals surface area (Å²) < 4.78 is 0. The molecule has 0 aliphatic heterocycles. The van der Waals surface area contributed by atoms with E-state index in [4.69, 9.17) is 9.97 Å². The Morgan fingerprint density at radius 3 is 1.53 bits per heavy atom. The van der Waals surface area contributed by atoms with E-state index in [0.29, 0.717) is 0 Å². The van der Waals surface area contributed by atoms with E-state index in [-0.39, 0.29) is 0 Å². The van der Waals surface area contributed by atoms with Crippen LogP contribution in [-0.2, 0) is 0 Å². The number of fused-ring (bicyclic) bond motifs is 4. The van der Waals surface area contributed by atoms with Gasteiger partial charge in [0.1, 0.15) is 0 Å². The summed E-state index contributed by atoms with van der Waals surface area (Å²) in [5.74, 6) is 0. The monoisotopic (exact) mass is 433 g/mol. The van der Waals surface area contributed by atoms with Crippen LogP contribution in [0.15, 0.2) is 116 Å². The maximum Gasteiger partial charge on any atom is 0.0722 e. The van der Waals surface area contributed by atoms with E-state index in [0.717, 1.165) is 65.9 Å². The number of benzene rings is 4. The highest BCUT2D eigenvalue weighted by molar-refractivity contribution is 6.20. The van der Waals surface area contributed by atoms with E-state index >= 15 is 0 Å². The van der Waals surface area contributed by atoms with Crippen LogP contribution in [0.5, 0.6) is 0 Å². The van der Waals surface area contributed by atoms with Crippen molar-refractivity contribution in [2.75, 3.05) is 0 Å². The summed E-state index contributed by atoms with van der Waals surface area (Å²) in [7, 11) is 0. The molecule has 0 unspecified atom stereocenters. The van der Waals surface area contributed by atoms with E-state index < -0.39 is 0 Å². The maximum atomic E-state index is 5.05. The van der Waals surface area contributed by atoms with Crippen molar-refractivity contribution < 1.29 is 0 Å². The molecule has 0 saturated heterocycles. The third kappa shape index (κ3) is 2.87. The summed E-state index contributed by atoms with van der Waals surface area (Å²) in [6, 6.07) is 35.7. The predicted octanol–water partition coefficient (Wildman–Crippen LogP) is 7.82. The molecule has 3 nitrogen and oxygen atoms in total. The van der Waals surface area contributed by atoms with Crippen LogP contribution in [-0.4, -0.2) is 15.0 Å². The van der Waals surface area contributed by atoms with Gasteiger partial charge < -0.3 is 0 Å². The average Bonchev–Trinajstić information content (AvgIpc) is 2.91. The van der Waals surface area contributed by atoms with Crippen LogP contribution >= 0.6 is 0 Å². The van der Waals surface area contributed by atoms with Crippen LogP contribution in [0, 0.1) is 0 Å². The van der Waals surface area contributed by atoms with Crippen molar-refractivity contribution in [1.29, 1.82) is 0 Å². The van der Waals surface area contributed by atoms with Gasteiger partial charge in [-0.25, -0.2) is 9.97 Å². The van der Waals surface area contributed by atoms with Gasteiger partial charge >= 0.3 is 0 Å². The average molecular weight is 434 g/mol. The molecular weight excluding hydrogens is 414 g/mol. The maximum absolute atomic E-state index is 5.05. The highest BCUT2D eigenvalue weighted by Gasteiger charge is 2.18. The highest BCUT2D eigenvalue weighted by atomic mass is 14.7.